The molecule has 1 heterocycles. The maximum absolute atomic E-state index is 12.1. The van der Waals surface area contributed by atoms with E-state index in [1.807, 2.05) is 0 Å². The highest BCUT2D eigenvalue weighted by Gasteiger charge is 2.31. The second-order valence-electron chi connectivity index (χ2n) is 5.39. The number of benzene rings is 1. The van der Waals surface area contributed by atoms with Crippen LogP contribution in [0, 0.1) is 5.92 Å². The molecular formula is C15H19F3N2O3. The Bertz CT molecular complexity index is 514. The lowest BCUT2D eigenvalue weighted by molar-refractivity contribution is -0.274. The van der Waals surface area contributed by atoms with Crippen molar-refractivity contribution >= 4 is 5.91 Å². The van der Waals surface area contributed by atoms with E-state index in [4.69, 9.17) is 10.5 Å². The van der Waals surface area contributed by atoms with Crippen LogP contribution in [0.25, 0.3) is 0 Å². The van der Waals surface area contributed by atoms with Crippen molar-refractivity contribution in [2.24, 2.45) is 11.7 Å². The Balaban J connectivity index is 1.81. The van der Waals surface area contributed by atoms with Gasteiger partial charge < -0.3 is 20.5 Å². The number of carbonyl (C=O) groups excluding carboxylic acids is 1. The van der Waals surface area contributed by atoms with Crippen LogP contribution in [0.5, 0.6) is 5.75 Å². The van der Waals surface area contributed by atoms with Gasteiger partial charge in [-0.15, -0.1) is 13.2 Å². The zero-order valence-corrected chi connectivity index (χ0v) is 12.4. The molecule has 3 N–H and O–H groups in total. The molecule has 0 bridgehead atoms. The number of amides is 1. The van der Waals surface area contributed by atoms with Crippen molar-refractivity contribution in [3.8, 4) is 5.75 Å². The predicted octanol–water partition coefficient (Wildman–Crippen LogP) is 1.96. The van der Waals surface area contributed by atoms with Crippen LogP contribution in [0.4, 0.5) is 13.2 Å². The van der Waals surface area contributed by atoms with Crippen molar-refractivity contribution in [3.63, 3.8) is 0 Å². The van der Waals surface area contributed by atoms with E-state index in [0.29, 0.717) is 18.8 Å². The summed E-state index contributed by atoms with van der Waals surface area (Å²) in [6.07, 6.45) is -3.22. The zero-order chi connectivity index (χ0) is 16.9. The SMILES string of the molecule is NC(C(=O)NCc1ccc(OC(F)(F)F)cc1)C1CCOCC1. The van der Waals surface area contributed by atoms with E-state index >= 15 is 0 Å². The molecule has 0 radical (unpaired) electrons. The molecule has 0 aliphatic carbocycles. The number of alkyl halides is 3. The van der Waals surface area contributed by atoms with Gasteiger partial charge in [-0.25, -0.2) is 0 Å². The number of hydrogen-bond donors (Lipinski definition) is 2. The lowest BCUT2D eigenvalue weighted by Crippen LogP contribution is -2.46. The minimum absolute atomic E-state index is 0.0892. The Labute approximate surface area is 131 Å². The fourth-order valence-corrected chi connectivity index (χ4v) is 2.41. The van der Waals surface area contributed by atoms with Crippen LogP contribution in [0.15, 0.2) is 24.3 Å². The van der Waals surface area contributed by atoms with Gasteiger partial charge in [0.2, 0.25) is 5.91 Å². The molecule has 1 atom stereocenters. The van der Waals surface area contributed by atoms with Crippen molar-refractivity contribution < 1.29 is 27.4 Å². The molecule has 2 rings (SSSR count). The average Bonchev–Trinajstić information content (AvgIpc) is 2.52. The Hall–Kier alpha value is -1.80. The summed E-state index contributed by atoms with van der Waals surface area (Å²) in [5, 5.41) is 2.70. The van der Waals surface area contributed by atoms with Gasteiger partial charge >= 0.3 is 6.36 Å². The van der Waals surface area contributed by atoms with Crippen LogP contribution in [0.1, 0.15) is 18.4 Å². The van der Waals surface area contributed by atoms with Gasteiger partial charge in [0.25, 0.3) is 0 Å². The molecule has 1 aliphatic rings. The molecule has 1 saturated heterocycles. The van der Waals surface area contributed by atoms with E-state index < -0.39 is 12.4 Å². The first-order valence-corrected chi connectivity index (χ1v) is 7.31. The van der Waals surface area contributed by atoms with Gasteiger partial charge in [-0.05, 0) is 36.5 Å². The second kappa shape index (κ2) is 7.65. The van der Waals surface area contributed by atoms with Gasteiger partial charge in [0, 0.05) is 19.8 Å². The largest absolute Gasteiger partial charge is 0.573 e. The standard InChI is InChI=1S/C15H19F3N2O3/c16-15(17,18)23-12-3-1-10(2-4-12)9-20-14(21)13(19)11-5-7-22-8-6-11/h1-4,11,13H,5-9,19H2,(H,20,21). The van der Waals surface area contributed by atoms with Crippen LogP contribution in [-0.4, -0.2) is 31.5 Å². The number of halogens is 3. The summed E-state index contributed by atoms with van der Waals surface area (Å²) in [5.74, 6) is -0.481. The van der Waals surface area contributed by atoms with Gasteiger partial charge in [0.1, 0.15) is 5.75 Å². The molecule has 0 aromatic heterocycles. The maximum atomic E-state index is 12.1. The number of carbonyl (C=O) groups is 1. The first kappa shape index (κ1) is 17.6. The summed E-state index contributed by atoms with van der Waals surface area (Å²) in [6.45, 7) is 1.40. The fourth-order valence-electron chi connectivity index (χ4n) is 2.41. The van der Waals surface area contributed by atoms with E-state index in [1.54, 1.807) is 0 Å². The summed E-state index contributed by atoms with van der Waals surface area (Å²) >= 11 is 0. The Kier molecular flexibility index (Phi) is 5.84. The highest BCUT2D eigenvalue weighted by atomic mass is 19.4. The molecule has 1 aromatic carbocycles. The van der Waals surface area contributed by atoms with Crippen LogP contribution in [0.3, 0.4) is 0 Å². The zero-order valence-electron chi connectivity index (χ0n) is 12.4. The van der Waals surface area contributed by atoms with Crippen LogP contribution >= 0.6 is 0 Å². The van der Waals surface area contributed by atoms with Gasteiger partial charge in [-0.1, -0.05) is 12.1 Å². The predicted molar refractivity (Wildman–Crippen MR) is 76.5 cm³/mol. The number of hydrogen-bond acceptors (Lipinski definition) is 4. The average molecular weight is 332 g/mol. The summed E-state index contributed by atoms with van der Waals surface area (Å²) in [6, 6.07) is 4.72. The monoisotopic (exact) mass is 332 g/mol. The Morgan fingerprint density at radius 1 is 1.30 bits per heavy atom. The van der Waals surface area contributed by atoms with Crippen LogP contribution in [0.2, 0.25) is 0 Å². The highest BCUT2D eigenvalue weighted by Crippen LogP contribution is 2.22. The van der Waals surface area contributed by atoms with Gasteiger partial charge in [-0.3, -0.25) is 4.79 Å². The lowest BCUT2D eigenvalue weighted by Gasteiger charge is -2.26. The Morgan fingerprint density at radius 2 is 1.91 bits per heavy atom. The van der Waals surface area contributed by atoms with Gasteiger partial charge in [-0.2, -0.15) is 0 Å². The van der Waals surface area contributed by atoms with Crippen molar-refractivity contribution in [2.75, 3.05) is 13.2 Å². The van der Waals surface area contributed by atoms with E-state index in [-0.39, 0.29) is 24.1 Å². The van der Waals surface area contributed by atoms with E-state index in [1.165, 1.54) is 24.3 Å². The number of ether oxygens (including phenoxy) is 2. The number of nitrogens with two attached hydrogens (primary N) is 1. The van der Waals surface area contributed by atoms with Crippen molar-refractivity contribution in [1.82, 2.24) is 5.32 Å². The third-order valence-electron chi connectivity index (χ3n) is 3.70. The van der Waals surface area contributed by atoms with Crippen LogP contribution in [-0.2, 0) is 16.1 Å². The third kappa shape index (κ3) is 5.72. The smallest absolute Gasteiger partial charge is 0.406 e. The highest BCUT2D eigenvalue weighted by molar-refractivity contribution is 5.81. The number of rotatable bonds is 5. The molecule has 0 spiro atoms. The number of nitrogens with one attached hydrogen (secondary N) is 1. The molecule has 1 aliphatic heterocycles. The topological polar surface area (TPSA) is 73.6 Å². The molecular weight excluding hydrogens is 313 g/mol. The van der Waals surface area contributed by atoms with Gasteiger partial charge in [0.05, 0.1) is 6.04 Å². The van der Waals surface area contributed by atoms with E-state index in [2.05, 4.69) is 10.1 Å². The summed E-state index contributed by atoms with van der Waals surface area (Å²) in [4.78, 5) is 12.0. The second-order valence-corrected chi connectivity index (χ2v) is 5.39. The molecule has 8 heteroatoms. The third-order valence-corrected chi connectivity index (χ3v) is 3.70. The minimum Gasteiger partial charge on any atom is -0.406 e. The summed E-state index contributed by atoms with van der Waals surface area (Å²) < 4.78 is 45.2. The van der Waals surface area contributed by atoms with Crippen molar-refractivity contribution in [3.05, 3.63) is 29.8 Å². The van der Waals surface area contributed by atoms with Crippen molar-refractivity contribution in [1.29, 1.82) is 0 Å². The summed E-state index contributed by atoms with van der Waals surface area (Å²) in [5.41, 5.74) is 6.60. The first-order chi connectivity index (χ1) is 10.8. The molecule has 1 amide bonds. The molecule has 1 fully saturated rings. The van der Waals surface area contributed by atoms with E-state index in [9.17, 15) is 18.0 Å². The van der Waals surface area contributed by atoms with E-state index in [0.717, 1.165) is 12.8 Å². The minimum atomic E-state index is -4.72. The first-order valence-electron chi connectivity index (χ1n) is 7.31. The molecule has 1 aromatic rings. The lowest BCUT2D eigenvalue weighted by atomic mass is 9.92. The Morgan fingerprint density at radius 3 is 2.48 bits per heavy atom. The molecule has 5 nitrogen and oxygen atoms in total. The normalized spacial score (nSPS) is 17.6. The molecule has 1 unspecified atom stereocenters. The van der Waals surface area contributed by atoms with Crippen LogP contribution < -0.4 is 15.8 Å². The quantitative estimate of drug-likeness (QED) is 0.864. The fraction of sp³-hybridized carbons (Fsp3) is 0.533. The van der Waals surface area contributed by atoms with Crippen molar-refractivity contribution in [2.45, 2.75) is 31.8 Å². The molecule has 128 valence electrons. The summed E-state index contributed by atoms with van der Waals surface area (Å²) in [7, 11) is 0. The molecule has 0 saturated carbocycles. The molecule has 23 heavy (non-hydrogen) atoms. The van der Waals surface area contributed by atoms with Gasteiger partial charge in [0.15, 0.2) is 0 Å². The maximum Gasteiger partial charge on any atom is 0.573 e.